The summed E-state index contributed by atoms with van der Waals surface area (Å²) in [5.74, 6) is 0. The van der Waals surface area contributed by atoms with Crippen molar-refractivity contribution in [3.05, 3.63) is 91.1 Å². The quantitative estimate of drug-likeness (QED) is 0.223. The molecule has 2 aromatic carbocycles. The highest BCUT2D eigenvalue weighted by Gasteiger charge is 2.15. The van der Waals surface area contributed by atoms with Crippen molar-refractivity contribution in [1.82, 2.24) is 20.3 Å². The van der Waals surface area contributed by atoms with Crippen molar-refractivity contribution in [1.29, 1.82) is 0 Å². The van der Waals surface area contributed by atoms with Crippen LogP contribution < -0.4 is 16.0 Å². The largest absolute Gasteiger partial charge is 0.465 e. The van der Waals surface area contributed by atoms with Crippen LogP contribution in [-0.4, -0.2) is 38.7 Å². The van der Waals surface area contributed by atoms with Crippen LogP contribution in [0.2, 0.25) is 0 Å². The maximum atomic E-state index is 11.4. The van der Waals surface area contributed by atoms with Gasteiger partial charge < -0.3 is 26.0 Å². The van der Waals surface area contributed by atoms with Crippen LogP contribution >= 0.6 is 0 Å². The summed E-state index contributed by atoms with van der Waals surface area (Å²) in [6.45, 7) is 0.414. The molecule has 5 rings (SSSR count). The molecule has 170 valence electrons. The van der Waals surface area contributed by atoms with Gasteiger partial charge in [0, 0.05) is 52.5 Å². The van der Waals surface area contributed by atoms with E-state index in [9.17, 15) is 9.90 Å². The zero-order valence-corrected chi connectivity index (χ0v) is 18.3. The number of hydrogen-bond acceptors (Lipinski definition) is 5. The summed E-state index contributed by atoms with van der Waals surface area (Å²) in [6.07, 6.45) is 8.52. The van der Waals surface area contributed by atoms with Crippen LogP contribution in [0, 0.1) is 0 Å². The monoisotopic (exact) mass is 452 g/mol. The first kappa shape index (κ1) is 21.3. The topological polar surface area (TPSA) is 115 Å². The van der Waals surface area contributed by atoms with E-state index >= 15 is 0 Å². The van der Waals surface area contributed by atoms with Crippen LogP contribution in [0.5, 0.6) is 0 Å². The van der Waals surface area contributed by atoms with Crippen molar-refractivity contribution in [3.63, 3.8) is 0 Å². The van der Waals surface area contributed by atoms with Crippen LogP contribution in [-0.2, 0) is 6.42 Å². The van der Waals surface area contributed by atoms with E-state index in [1.807, 2.05) is 67.0 Å². The number of amides is 1. The predicted molar refractivity (Wildman–Crippen MR) is 135 cm³/mol. The Morgan fingerprint density at radius 3 is 2.76 bits per heavy atom. The zero-order chi connectivity index (χ0) is 23.3. The molecule has 1 atom stereocenters. The fraction of sp³-hybridized carbons (Fsp3) is 0.115. The third-order valence-electron chi connectivity index (χ3n) is 5.72. The van der Waals surface area contributed by atoms with Crippen molar-refractivity contribution in [2.45, 2.75) is 12.5 Å². The van der Waals surface area contributed by atoms with Crippen molar-refractivity contribution in [3.8, 4) is 0 Å². The Morgan fingerprint density at radius 1 is 0.971 bits per heavy atom. The van der Waals surface area contributed by atoms with Crippen molar-refractivity contribution in [2.24, 2.45) is 0 Å². The molecule has 0 unspecified atom stereocenters. The number of aromatic nitrogens is 3. The van der Waals surface area contributed by atoms with Crippen LogP contribution in [0.15, 0.2) is 85.6 Å². The number of hydrogen-bond donors (Lipinski definition) is 5. The third kappa shape index (κ3) is 4.75. The van der Waals surface area contributed by atoms with Gasteiger partial charge in [0.1, 0.15) is 0 Å². The first-order valence-electron chi connectivity index (χ1n) is 11.0. The Bertz CT molecular complexity index is 1440. The number of rotatable bonds is 8. The molecule has 3 aromatic heterocycles. The summed E-state index contributed by atoms with van der Waals surface area (Å²) in [5.41, 5.74) is 4.68. The standard InChI is InChI=1S/C26H24N6O2/c33-26(34)32-20(10-18-13-30-24-6-2-1-5-22(18)24)16-29-19-11-21(15-28-14-19)31-25-7-3-4-17-12-27-9-8-23(17)25/h1-9,11-15,20,29-32H,10,16H2,(H,33,34)/t20-/m0/s1. The fourth-order valence-corrected chi connectivity index (χ4v) is 4.15. The number of fused-ring (bicyclic) bond motifs is 2. The molecule has 0 saturated heterocycles. The number of H-pyrrole nitrogens is 1. The first-order valence-corrected chi connectivity index (χ1v) is 11.0. The van der Waals surface area contributed by atoms with Gasteiger partial charge in [0.05, 0.1) is 29.8 Å². The van der Waals surface area contributed by atoms with Crippen LogP contribution in [0.1, 0.15) is 5.56 Å². The van der Waals surface area contributed by atoms with Crippen LogP contribution in [0.4, 0.5) is 21.9 Å². The molecule has 5 N–H and O–H groups in total. The Balaban J connectivity index is 1.30. The number of benzene rings is 2. The molecule has 0 bridgehead atoms. The van der Waals surface area contributed by atoms with E-state index in [1.165, 1.54) is 0 Å². The number of carboxylic acid groups (broad SMARTS) is 1. The van der Waals surface area contributed by atoms with Crippen LogP contribution in [0.25, 0.3) is 21.7 Å². The van der Waals surface area contributed by atoms with Gasteiger partial charge in [-0.3, -0.25) is 9.97 Å². The lowest BCUT2D eigenvalue weighted by Gasteiger charge is -2.18. The van der Waals surface area contributed by atoms with E-state index in [4.69, 9.17) is 0 Å². The van der Waals surface area contributed by atoms with E-state index in [2.05, 4.69) is 30.9 Å². The zero-order valence-electron chi connectivity index (χ0n) is 18.3. The van der Waals surface area contributed by atoms with Gasteiger partial charge in [-0.1, -0.05) is 30.3 Å². The molecule has 0 aliphatic heterocycles. The average Bonchev–Trinajstić information content (AvgIpc) is 3.25. The Morgan fingerprint density at radius 2 is 1.85 bits per heavy atom. The Kier molecular flexibility index (Phi) is 5.94. The number of nitrogens with zero attached hydrogens (tertiary/aromatic N) is 2. The van der Waals surface area contributed by atoms with Gasteiger partial charge in [-0.15, -0.1) is 0 Å². The molecular formula is C26H24N6O2. The molecule has 34 heavy (non-hydrogen) atoms. The number of para-hydroxylation sites is 1. The van der Waals surface area contributed by atoms with Gasteiger partial charge in [0.2, 0.25) is 0 Å². The SMILES string of the molecule is O=C(O)N[C@H](CNc1cncc(Nc2cccc3cnccc23)c1)Cc1c[nH]c2ccccc12. The second-order valence-electron chi connectivity index (χ2n) is 8.08. The van der Waals surface area contributed by atoms with Crippen molar-refractivity contribution >= 4 is 44.8 Å². The number of anilines is 3. The summed E-state index contributed by atoms with van der Waals surface area (Å²) in [6, 6.07) is 17.6. The van der Waals surface area contributed by atoms with E-state index in [0.717, 1.165) is 44.3 Å². The van der Waals surface area contributed by atoms with Gasteiger partial charge in [0.15, 0.2) is 0 Å². The van der Waals surface area contributed by atoms with Gasteiger partial charge in [-0.25, -0.2) is 4.79 Å². The van der Waals surface area contributed by atoms with Gasteiger partial charge in [-0.2, -0.15) is 0 Å². The molecule has 0 aliphatic rings. The first-order chi connectivity index (χ1) is 16.7. The van der Waals surface area contributed by atoms with E-state index < -0.39 is 6.09 Å². The summed E-state index contributed by atoms with van der Waals surface area (Å²) < 4.78 is 0. The van der Waals surface area contributed by atoms with E-state index in [0.29, 0.717) is 13.0 Å². The average molecular weight is 453 g/mol. The molecule has 0 radical (unpaired) electrons. The summed E-state index contributed by atoms with van der Waals surface area (Å²) in [7, 11) is 0. The molecule has 3 heterocycles. The fourth-order valence-electron chi connectivity index (χ4n) is 4.15. The minimum absolute atomic E-state index is 0.320. The van der Waals surface area contributed by atoms with Gasteiger partial charge in [-0.05, 0) is 36.2 Å². The third-order valence-corrected chi connectivity index (χ3v) is 5.72. The lowest BCUT2D eigenvalue weighted by molar-refractivity contribution is 0.190. The number of pyridine rings is 2. The molecule has 0 spiro atoms. The maximum Gasteiger partial charge on any atom is 0.404 e. The highest BCUT2D eigenvalue weighted by molar-refractivity contribution is 5.94. The summed E-state index contributed by atoms with van der Waals surface area (Å²) in [5, 5.41) is 21.9. The van der Waals surface area contributed by atoms with Gasteiger partial charge in [0.25, 0.3) is 0 Å². The van der Waals surface area contributed by atoms with Crippen LogP contribution in [0.3, 0.4) is 0 Å². The van der Waals surface area contributed by atoms with Gasteiger partial charge >= 0.3 is 6.09 Å². The highest BCUT2D eigenvalue weighted by Crippen LogP contribution is 2.26. The highest BCUT2D eigenvalue weighted by atomic mass is 16.4. The second-order valence-corrected chi connectivity index (χ2v) is 8.08. The van der Waals surface area contributed by atoms with Crippen molar-refractivity contribution < 1.29 is 9.90 Å². The summed E-state index contributed by atoms with van der Waals surface area (Å²) in [4.78, 5) is 23.2. The lowest BCUT2D eigenvalue weighted by atomic mass is 10.0. The number of carbonyl (C=O) groups is 1. The Hall–Kier alpha value is -4.59. The number of nitrogens with one attached hydrogen (secondary N) is 4. The molecule has 5 aromatic rings. The lowest BCUT2D eigenvalue weighted by Crippen LogP contribution is -2.40. The molecule has 1 amide bonds. The van der Waals surface area contributed by atoms with E-state index in [-0.39, 0.29) is 6.04 Å². The number of aromatic amines is 1. The molecule has 0 aliphatic carbocycles. The second kappa shape index (κ2) is 9.50. The molecular weight excluding hydrogens is 428 g/mol. The predicted octanol–water partition coefficient (Wildman–Crippen LogP) is 5.15. The molecule has 0 fully saturated rings. The Labute approximate surface area is 196 Å². The molecule has 0 saturated carbocycles. The smallest absolute Gasteiger partial charge is 0.404 e. The minimum Gasteiger partial charge on any atom is -0.465 e. The summed E-state index contributed by atoms with van der Waals surface area (Å²) >= 11 is 0. The maximum absolute atomic E-state index is 11.4. The molecule has 8 heteroatoms. The molecule has 8 nitrogen and oxygen atoms in total. The normalized spacial score (nSPS) is 11.9. The van der Waals surface area contributed by atoms with E-state index in [1.54, 1.807) is 18.6 Å². The van der Waals surface area contributed by atoms with Crippen molar-refractivity contribution in [2.75, 3.05) is 17.2 Å². The minimum atomic E-state index is -1.05.